The summed E-state index contributed by atoms with van der Waals surface area (Å²) >= 11 is 0. The van der Waals surface area contributed by atoms with Crippen LogP contribution in [0.2, 0.25) is 0 Å². The predicted molar refractivity (Wildman–Crippen MR) is 71.1 cm³/mol. The molecule has 0 spiro atoms. The lowest BCUT2D eigenvalue weighted by atomic mass is 9.80. The van der Waals surface area contributed by atoms with Gasteiger partial charge in [-0.05, 0) is 6.42 Å². The number of cyclic esters (lactones) is 1. The van der Waals surface area contributed by atoms with Gasteiger partial charge in [-0.2, -0.15) is 0 Å². The topological polar surface area (TPSA) is 105 Å². The summed E-state index contributed by atoms with van der Waals surface area (Å²) in [6.07, 6.45) is 0.847. The molecule has 0 radical (unpaired) electrons. The van der Waals surface area contributed by atoms with Gasteiger partial charge in [-0.1, -0.05) is 13.3 Å². The van der Waals surface area contributed by atoms with E-state index in [1.165, 1.54) is 0 Å². The summed E-state index contributed by atoms with van der Waals surface area (Å²) in [4.78, 5) is 47.7. The highest BCUT2D eigenvalue weighted by Gasteiger charge is 2.48. The van der Waals surface area contributed by atoms with Crippen LogP contribution in [0.3, 0.4) is 0 Å². The molecular formula is C14H18O8. The molecule has 0 saturated heterocycles. The van der Waals surface area contributed by atoms with Crippen molar-refractivity contribution in [1.82, 2.24) is 0 Å². The van der Waals surface area contributed by atoms with Crippen LogP contribution in [-0.4, -0.2) is 45.2 Å². The highest BCUT2D eigenvalue weighted by atomic mass is 16.6. The van der Waals surface area contributed by atoms with Gasteiger partial charge >= 0.3 is 23.9 Å². The maximum absolute atomic E-state index is 12.1. The van der Waals surface area contributed by atoms with E-state index in [1.807, 2.05) is 0 Å². The predicted octanol–water partition coefficient (Wildman–Crippen LogP) is 0.349. The molecule has 0 saturated carbocycles. The normalized spacial score (nSPS) is 21.0. The Balaban J connectivity index is 3.48. The molecule has 2 atom stereocenters. The Morgan fingerprint density at radius 3 is 2.09 bits per heavy atom. The van der Waals surface area contributed by atoms with Crippen LogP contribution in [0.15, 0.2) is 11.3 Å². The van der Waals surface area contributed by atoms with E-state index in [4.69, 9.17) is 4.74 Å². The van der Waals surface area contributed by atoms with Crippen molar-refractivity contribution in [3.05, 3.63) is 11.3 Å². The van der Waals surface area contributed by atoms with Crippen molar-refractivity contribution in [2.75, 3.05) is 21.3 Å². The average molecular weight is 314 g/mol. The van der Waals surface area contributed by atoms with Crippen LogP contribution in [0, 0.1) is 11.8 Å². The number of hydrogen-bond acceptors (Lipinski definition) is 8. The van der Waals surface area contributed by atoms with Gasteiger partial charge in [0.15, 0.2) is 5.92 Å². The van der Waals surface area contributed by atoms with Crippen LogP contribution < -0.4 is 0 Å². The Morgan fingerprint density at radius 1 is 1.05 bits per heavy atom. The van der Waals surface area contributed by atoms with Crippen LogP contribution in [0.4, 0.5) is 0 Å². The molecular weight excluding hydrogens is 296 g/mol. The van der Waals surface area contributed by atoms with E-state index in [0.29, 0.717) is 12.8 Å². The van der Waals surface area contributed by atoms with Crippen LogP contribution >= 0.6 is 0 Å². The van der Waals surface area contributed by atoms with Crippen molar-refractivity contribution < 1.29 is 38.1 Å². The molecule has 0 aliphatic carbocycles. The smallest absolute Gasteiger partial charge is 0.374 e. The maximum atomic E-state index is 12.1. The minimum atomic E-state index is -1.33. The van der Waals surface area contributed by atoms with Gasteiger partial charge in [-0.15, -0.1) is 0 Å². The van der Waals surface area contributed by atoms with Crippen LogP contribution in [0.5, 0.6) is 0 Å². The SMILES string of the molecule is CCCC1C(C(=O)OC)=C(C(=O)OC)OC(=O)C1C(=O)OC. The summed E-state index contributed by atoms with van der Waals surface area (Å²) in [5.74, 6) is -6.39. The van der Waals surface area contributed by atoms with Crippen molar-refractivity contribution in [2.45, 2.75) is 19.8 Å². The zero-order valence-electron chi connectivity index (χ0n) is 12.8. The Morgan fingerprint density at radius 2 is 1.64 bits per heavy atom. The van der Waals surface area contributed by atoms with Crippen LogP contribution in [-0.2, 0) is 38.1 Å². The quantitative estimate of drug-likeness (QED) is 0.406. The van der Waals surface area contributed by atoms with Gasteiger partial charge in [-0.25, -0.2) is 9.59 Å². The second kappa shape index (κ2) is 7.58. The van der Waals surface area contributed by atoms with Crippen LogP contribution in [0.1, 0.15) is 19.8 Å². The number of hydrogen-bond donors (Lipinski definition) is 0. The van der Waals surface area contributed by atoms with Crippen molar-refractivity contribution in [3.8, 4) is 0 Å². The molecule has 22 heavy (non-hydrogen) atoms. The van der Waals surface area contributed by atoms with Crippen molar-refractivity contribution in [2.24, 2.45) is 11.8 Å². The lowest BCUT2D eigenvalue weighted by Crippen LogP contribution is -2.42. The standard InChI is InChI=1S/C14H18O8/c1-5-6-7-8(11(15)19-2)10(14(18)21-4)22-13(17)9(7)12(16)20-3/h7,9H,5-6H2,1-4H3. The summed E-state index contributed by atoms with van der Waals surface area (Å²) in [6, 6.07) is 0. The number of rotatable bonds is 5. The first-order chi connectivity index (χ1) is 10.4. The summed E-state index contributed by atoms with van der Waals surface area (Å²) < 4.78 is 18.6. The molecule has 1 aliphatic rings. The Bertz CT molecular complexity index is 519. The summed E-state index contributed by atoms with van der Waals surface area (Å²) in [5.41, 5.74) is -0.189. The molecule has 122 valence electrons. The third-order valence-corrected chi connectivity index (χ3v) is 3.31. The molecule has 0 aromatic rings. The maximum Gasteiger partial charge on any atom is 0.374 e. The van der Waals surface area contributed by atoms with Gasteiger partial charge in [0.05, 0.1) is 26.9 Å². The Kier molecular flexibility index (Phi) is 6.09. The Labute approximate surface area is 127 Å². The second-order valence-corrected chi connectivity index (χ2v) is 4.54. The van der Waals surface area contributed by atoms with Gasteiger partial charge in [-0.3, -0.25) is 9.59 Å². The fraction of sp³-hybridized carbons (Fsp3) is 0.571. The largest absolute Gasteiger partial charge is 0.468 e. The van der Waals surface area contributed by atoms with Crippen LogP contribution in [0.25, 0.3) is 0 Å². The summed E-state index contributed by atoms with van der Waals surface area (Å²) in [7, 11) is 3.33. The average Bonchev–Trinajstić information content (AvgIpc) is 2.52. The minimum Gasteiger partial charge on any atom is -0.468 e. The Hall–Kier alpha value is -2.38. The fourth-order valence-corrected chi connectivity index (χ4v) is 2.33. The molecule has 2 unspecified atom stereocenters. The van der Waals surface area contributed by atoms with Gasteiger partial charge in [0.2, 0.25) is 5.76 Å². The number of methoxy groups -OCH3 is 3. The number of carbonyl (C=O) groups excluding carboxylic acids is 4. The van der Waals surface area contributed by atoms with E-state index in [0.717, 1.165) is 21.3 Å². The van der Waals surface area contributed by atoms with E-state index in [2.05, 4.69) is 14.2 Å². The van der Waals surface area contributed by atoms with Gasteiger partial charge < -0.3 is 18.9 Å². The second-order valence-electron chi connectivity index (χ2n) is 4.54. The molecule has 0 bridgehead atoms. The van der Waals surface area contributed by atoms with E-state index in [9.17, 15) is 19.2 Å². The van der Waals surface area contributed by atoms with E-state index < -0.39 is 41.5 Å². The van der Waals surface area contributed by atoms with E-state index in [-0.39, 0.29) is 5.57 Å². The first-order valence-corrected chi connectivity index (χ1v) is 6.63. The fourth-order valence-electron chi connectivity index (χ4n) is 2.33. The molecule has 0 aromatic carbocycles. The highest BCUT2D eigenvalue weighted by Crippen LogP contribution is 2.36. The minimum absolute atomic E-state index is 0.189. The first-order valence-electron chi connectivity index (χ1n) is 6.63. The molecule has 8 nitrogen and oxygen atoms in total. The van der Waals surface area contributed by atoms with E-state index >= 15 is 0 Å². The first kappa shape index (κ1) is 17.7. The third-order valence-electron chi connectivity index (χ3n) is 3.31. The van der Waals surface area contributed by atoms with Crippen molar-refractivity contribution >= 4 is 23.9 Å². The third kappa shape index (κ3) is 3.26. The van der Waals surface area contributed by atoms with Gasteiger partial charge in [0.1, 0.15) is 0 Å². The molecule has 0 fully saturated rings. The monoisotopic (exact) mass is 314 g/mol. The number of carbonyl (C=O) groups is 4. The summed E-state index contributed by atoms with van der Waals surface area (Å²) in [6.45, 7) is 1.81. The zero-order chi connectivity index (χ0) is 16.9. The molecule has 1 rings (SSSR count). The van der Waals surface area contributed by atoms with Crippen molar-refractivity contribution in [1.29, 1.82) is 0 Å². The lowest BCUT2D eigenvalue weighted by Gasteiger charge is -2.30. The van der Waals surface area contributed by atoms with Crippen molar-refractivity contribution in [3.63, 3.8) is 0 Å². The van der Waals surface area contributed by atoms with Gasteiger partial charge in [0.25, 0.3) is 0 Å². The number of ether oxygens (including phenoxy) is 4. The van der Waals surface area contributed by atoms with Gasteiger partial charge in [0, 0.05) is 5.92 Å². The highest BCUT2D eigenvalue weighted by molar-refractivity contribution is 6.07. The summed E-state index contributed by atoms with van der Waals surface area (Å²) in [5, 5.41) is 0. The zero-order valence-corrected chi connectivity index (χ0v) is 12.8. The lowest BCUT2D eigenvalue weighted by molar-refractivity contribution is -0.166. The molecule has 0 amide bonds. The molecule has 1 heterocycles. The van der Waals surface area contributed by atoms with E-state index in [1.54, 1.807) is 6.92 Å². The number of esters is 4. The molecule has 0 N–H and O–H groups in total. The molecule has 0 aromatic heterocycles. The molecule has 1 aliphatic heterocycles. The molecule has 8 heteroatoms.